The summed E-state index contributed by atoms with van der Waals surface area (Å²) in [6, 6.07) is 6.04. The first-order chi connectivity index (χ1) is 7.83. The fraction of sp³-hybridized carbons (Fsp3) is 0.538. The lowest BCUT2D eigenvalue weighted by Gasteiger charge is -2.20. The highest BCUT2D eigenvalue weighted by Gasteiger charge is 2.26. The van der Waals surface area contributed by atoms with Gasteiger partial charge in [-0.15, -0.1) is 11.6 Å². The Morgan fingerprint density at radius 1 is 1.19 bits per heavy atom. The van der Waals surface area contributed by atoms with Gasteiger partial charge in [0, 0.05) is 0 Å². The molecule has 1 saturated carbocycles. The summed E-state index contributed by atoms with van der Waals surface area (Å²) in [4.78, 5) is 0. The number of benzene rings is 1. The van der Waals surface area contributed by atoms with Gasteiger partial charge in [0.2, 0.25) is 0 Å². The van der Waals surface area contributed by atoms with Crippen LogP contribution in [0.4, 0.5) is 0 Å². The van der Waals surface area contributed by atoms with Gasteiger partial charge in [-0.1, -0.05) is 18.9 Å². The van der Waals surface area contributed by atoms with Crippen LogP contribution in [-0.2, 0) is 0 Å². The highest BCUT2D eigenvalue weighted by atomic mass is 35.5. The molecule has 2 nitrogen and oxygen atoms in total. The van der Waals surface area contributed by atoms with Gasteiger partial charge in [0.1, 0.15) is 13.2 Å². The van der Waals surface area contributed by atoms with Crippen LogP contribution in [0, 0.1) is 5.92 Å². The smallest absolute Gasteiger partial charge is 0.161 e. The van der Waals surface area contributed by atoms with Crippen molar-refractivity contribution in [3.05, 3.63) is 23.8 Å². The molecule has 1 fully saturated rings. The monoisotopic (exact) mass is 238 g/mol. The first-order valence-corrected chi connectivity index (χ1v) is 6.30. The lowest BCUT2D eigenvalue weighted by molar-refractivity contribution is 0.171. The molecule has 1 aliphatic heterocycles. The van der Waals surface area contributed by atoms with Gasteiger partial charge in [0.15, 0.2) is 11.5 Å². The lowest BCUT2D eigenvalue weighted by atomic mass is 10.1. The average Bonchev–Trinajstić information content (AvgIpc) is 3.12. The zero-order valence-electron chi connectivity index (χ0n) is 9.12. The Bertz CT molecular complexity index is 388. The number of ether oxygens (including phenoxy) is 2. The largest absolute Gasteiger partial charge is 0.486 e. The highest BCUT2D eigenvalue weighted by Crippen LogP contribution is 2.42. The molecule has 3 heteroatoms. The van der Waals surface area contributed by atoms with Crippen molar-refractivity contribution >= 4 is 11.6 Å². The number of alkyl halides is 1. The first kappa shape index (κ1) is 10.3. The minimum Gasteiger partial charge on any atom is -0.486 e. The van der Waals surface area contributed by atoms with Crippen molar-refractivity contribution in [2.45, 2.75) is 24.6 Å². The summed E-state index contributed by atoms with van der Waals surface area (Å²) in [5.74, 6) is 2.52. The van der Waals surface area contributed by atoms with Crippen LogP contribution >= 0.6 is 11.6 Å². The molecule has 0 amide bonds. The van der Waals surface area contributed by atoms with E-state index in [0.29, 0.717) is 13.2 Å². The molecule has 2 aliphatic rings. The number of halogens is 1. The van der Waals surface area contributed by atoms with Crippen LogP contribution in [0.2, 0.25) is 0 Å². The van der Waals surface area contributed by atoms with Crippen molar-refractivity contribution in [2.75, 3.05) is 13.2 Å². The molecule has 0 bridgehead atoms. The second-order valence-electron chi connectivity index (χ2n) is 4.55. The van der Waals surface area contributed by atoms with E-state index in [9.17, 15) is 0 Å². The molecular formula is C13H15ClO2. The number of hydrogen-bond acceptors (Lipinski definition) is 2. The topological polar surface area (TPSA) is 18.5 Å². The van der Waals surface area contributed by atoms with Crippen LogP contribution in [-0.4, -0.2) is 13.2 Å². The predicted molar refractivity (Wildman–Crippen MR) is 63.4 cm³/mol. The quantitative estimate of drug-likeness (QED) is 0.750. The molecule has 3 rings (SSSR count). The van der Waals surface area contributed by atoms with E-state index in [2.05, 4.69) is 0 Å². The number of fused-ring (bicyclic) bond motifs is 1. The van der Waals surface area contributed by atoms with Crippen LogP contribution in [0.15, 0.2) is 18.2 Å². The Hall–Kier alpha value is -0.890. The summed E-state index contributed by atoms with van der Waals surface area (Å²) in [5, 5.41) is 0.114. The minimum absolute atomic E-state index is 0.114. The van der Waals surface area contributed by atoms with Crippen molar-refractivity contribution in [3.8, 4) is 11.5 Å². The molecule has 1 unspecified atom stereocenters. The molecule has 16 heavy (non-hydrogen) atoms. The molecule has 1 atom stereocenters. The van der Waals surface area contributed by atoms with Crippen molar-refractivity contribution in [2.24, 2.45) is 5.92 Å². The van der Waals surface area contributed by atoms with E-state index in [4.69, 9.17) is 21.1 Å². The third-order valence-electron chi connectivity index (χ3n) is 3.17. The van der Waals surface area contributed by atoms with Gasteiger partial charge < -0.3 is 9.47 Å². The van der Waals surface area contributed by atoms with Crippen molar-refractivity contribution in [3.63, 3.8) is 0 Å². The van der Waals surface area contributed by atoms with E-state index < -0.39 is 0 Å². The van der Waals surface area contributed by atoms with Gasteiger partial charge >= 0.3 is 0 Å². The Balaban J connectivity index is 1.78. The van der Waals surface area contributed by atoms with Crippen LogP contribution < -0.4 is 9.47 Å². The summed E-state index contributed by atoms with van der Waals surface area (Å²) in [5.41, 5.74) is 1.15. The highest BCUT2D eigenvalue weighted by molar-refractivity contribution is 6.20. The second-order valence-corrected chi connectivity index (χ2v) is 5.08. The Kier molecular flexibility index (Phi) is 2.68. The number of rotatable bonds is 3. The van der Waals surface area contributed by atoms with Crippen molar-refractivity contribution in [1.29, 1.82) is 0 Å². The second kappa shape index (κ2) is 4.17. The van der Waals surface area contributed by atoms with Crippen molar-refractivity contribution in [1.82, 2.24) is 0 Å². The molecule has 0 saturated heterocycles. The first-order valence-electron chi connectivity index (χ1n) is 5.86. The Labute approximate surface area is 101 Å². The third kappa shape index (κ3) is 2.12. The van der Waals surface area contributed by atoms with Crippen LogP contribution in [0.5, 0.6) is 11.5 Å². The third-order valence-corrected chi connectivity index (χ3v) is 3.60. The van der Waals surface area contributed by atoms with Gasteiger partial charge in [-0.25, -0.2) is 0 Å². The molecule has 1 aliphatic carbocycles. The van der Waals surface area contributed by atoms with Gasteiger partial charge in [0.25, 0.3) is 0 Å². The SMILES string of the molecule is ClC(CC1CC1)c1ccc2c(c1)OCCO2. The van der Waals surface area contributed by atoms with Crippen LogP contribution in [0.3, 0.4) is 0 Å². The molecule has 0 radical (unpaired) electrons. The van der Waals surface area contributed by atoms with E-state index in [-0.39, 0.29) is 5.38 Å². The fourth-order valence-corrected chi connectivity index (χ4v) is 2.42. The molecule has 1 aromatic rings. The molecule has 0 N–H and O–H groups in total. The minimum atomic E-state index is 0.114. The Morgan fingerprint density at radius 3 is 2.69 bits per heavy atom. The molecule has 1 heterocycles. The van der Waals surface area contributed by atoms with E-state index >= 15 is 0 Å². The van der Waals surface area contributed by atoms with E-state index in [1.165, 1.54) is 12.8 Å². The molecule has 0 aromatic heterocycles. The summed E-state index contributed by atoms with van der Waals surface area (Å²) in [7, 11) is 0. The summed E-state index contributed by atoms with van der Waals surface area (Å²) >= 11 is 6.39. The maximum atomic E-state index is 6.39. The molecular weight excluding hydrogens is 224 g/mol. The molecule has 0 spiro atoms. The fourth-order valence-electron chi connectivity index (χ4n) is 2.04. The van der Waals surface area contributed by atoms with E-state index in [1.807, 2.05) is 18.2 Å². The zero-order valence-corrected chi connectivity index (χ0v) is 9.87. The predicted octanol–water partition coefficient (Wildman–Crippen LogP) is 3.54. The van der Waals surface area contributed by atoms with Crippen LogP contribution in [0.25, 0.3) is 0 Å². The maximum Gasteiger partial charge on any atom is 0.161 e. The average molecular weight is 239 g/mol. The van der Waals surface area contributed by atoms with Gasteiger partial charge in [0.05, 0.1) is 5.38 Å². The standard InChI is InChI=1S/C13H15ClO2/c14-11(7-9-1-2-9)10-3-4-12-13(8-10)16-6-5-15-12/h3-4,8-9,11H,1-2,5-7H2. The van der Waals surface area contributed by atoms with Gasteiger partial charge in [-0.05, 0) is 30.0 Å². The van der Waals surface area contributed by atoms with Gasteiger partial charge in [-0.3, -0.25) is 0 Å². The lowest BCUT2D eigenvalue weighted by Crippen LogP contribution is -2.15. The molecule has 86 valence electrons. The zero-order chi connectivity index (χ0) is 11.0. The summed E-state index contributed by atoms with van der Waals surface area (Å²) in [6.07, 6.45) is 3.77. The Morgan fingerprint density at radius 2 is 1.94 bits per heavy atom. The van der Waals surface area contributed by atoms with Gasteiger partial charge in [-0.2, -0.15) is 0 Å². The molecule has 1 aromatic carbocycles. The number of hydrogen-bond donors (Lipinski definition) is 0. The maximum absolute atomic E-state index is 6.39. The van der Waals surface area contributed by atoms with Crippen molar-refractivity contribution < 1.29 is 9.47 Å². The van der Waals surface area contributed by atoms with E-state index in [0.717, 1.165) is 29.4 Å². The summed E-state index contributed by atoms with van der Waals surface area (Å²) < 4.78 is 11.0. The summed E-state index contributed by atoms with van der Waals surface area (Å²) in [6.45, 7) is 1.27. The normalized spacial score (nSPS) is 20.6. The van der Waals surface area contributed by atoms with Crippen LogP contribution in [0.1, 0.15) is 30.2 Å². The van der Waals surface area contributed by atoms with E-state index in [1.54, 1.807) is 0 Å².